The van der Waals surface area contributed by atoms with Crippen LogP contribution in [0.2, 0.25) is 0 Å². The van der Waals surface area contributed by atoms with Crippen LogP contribution in [0.15, 0.2) is 107 Å². The minimum Gasteiger partial charge on any atom is -0.527 e. The lowest BCUT2D eigenvalue weighted by Gasteiger charge is -2.34. The molecule has 3 aromatic heterocycles. The van der Waals surface area contributed by atoms with Crippen LogP contribution in [0.3, 0.4) is 0 Å². The zero-order valence-corrected chi connectivity index (χ0v) is 34.3. The summed E-state index contributed by atoms with van der Waals surface area (Å²) < 4.78 is 7.56. The molecule has 5 aromatic rings. The number of carbonyl (C=O) groups is 3. The van der Waals surface area contributed by atoms with Crippen LogP contribution >= 0.6 is 34.0 Å². The molecule has 0 bridgehead atoms. The van der Waals surface area contributed by atoms with Gasteiger partial charge in [0.25, 0.3) is 0 Å². The zero-order chi connectivity index (χ0) is 40.8. The number of rotatable bonds is 16. The molecule has 0 radical (unpaired) electrons. The number of aliphatic carboxylic acids is 2. The van der Waals surface area contributed by atoms with Crippen LogP contribution in [-0.4, -0.2) is 117 Å². The molecule has 55 heavy (non-hydrogen) atoms. The van der Waals surface area contributed by atoms with Gasteiger partial charge < -0.3 is 34.3 Å². The second-order valence-electron chi connectivity index (χ2n) is 12.8. The van der Waals surface area contributed by atoms with Crippen molar-refractivity contribution in [3.8, 4) is 5.75 Å². The number of aliphatic hydroxyl groups excluding tert-OH is 1. The van der Waals surface area contributed by atoms with Crippen molar-refractivity contribution in [2.24, 2.45) is 0 Å². The first kappa shape index (κ1) is 47.0. The van der Waals surface area contributed by atoms with Gasteiger partial charge in [-0.15, -0.1) is 34.0 Å². The van der Waals surface area contributed by atoms with Crippen LogP contribution in [-0.2, 0) is 9.59 Å². The maximum atomic E-state index is 11.4. The summed E-state index contributed by atoms with van der Waals surface area (Å²) in [6.45, 7) is 2.95. The van der Waals surface area contributed by atoms with Gasteiger partial charge in [-0.2, -0.15) is 0 Å². The first-order valence-electron chi connectivity index (χ1n) is 17.3. The number of hydrogen-bond acceptors (Lipinski definition) is 10. The second-order valence-corrected chi connectivity index (χ2v) is 15.7. The Bertz CT molecular complexity index is 1820. The molecule has 298 valence electrons. The Morgan fingerprint density at radius 3 is 1.84 bits per heavy atom. The first-order chi connectivity index (χ1) is 26.1. The normalized spacial score (nSPS) is 12.2. The Labute approximate surface area is 338 Å². The first-order valence-corrected chi connectivity index (χ1v) is 19.9. The Morgan fingerprint density at radius 1 is 0.745 bits per heavy atom. The third-order valence-electron chi connectivity index (χ3n) is 7.39. The third kappa shape index (κ3) is 20.4. The van der Waals surface area contributed by atoms with Gasteiger partial charge in [-0.3, -0.25) is 4.79 Å². The maximum Gasteiger partial charge on any atom is 0.328 e. The quantitative estimate of drug-likeness (QED) is 0.0544. The highest BCUT2D eigenvalue weighted by Gasteiger charge is 2.16. The van der Waals surface area contributed by atoms with E-state index in [1.165, 1.54) is 27.0 Å². The molecule has 0 saturated heterocycles. The molecule has 0 unspecified atom stereocenters. The Morgan fingerprint density at radius 2 is 1.31 bits per heavy atom. The molecule has 0 amide bonds. The number of nitrogens with zero attached hydrogens (tertiary/aromatic N) is 3. The average molecular weight is 810 g/mol. The van der Waals surface area contributed by atoms with Crippen LogP contribution < -0.4 is 4.74 Å². The van der Waals surface area contributed by atoms with E-state index in [1.807, 2.05) is 54.0 Å². The van der Waals surface area contributed by atoms with Crippen LogP contribution in [0, 0.1) is 0 Å². The molecular weight excluding hydrogens is 753 g/mol. The molecule has 0 aliphatic heterocycles. The smallest absolute Gasteiger partial charge is 0.328 e. The molecular formula is C41H56BN3O7S3. The van der Waals surface area contributed by atoms with Crippen molar-refractivity contribution < 1.29 is 38.8 Å². The van der Waals surface area contributed by atoms with Gasteiger partial charge in [-0.1, -0.05) is 54.6 Å². The van der Waals surface area contributed by atoms with Gasteiger partial charge in [0.05, 0.1) is 11.0 Å². The van der Waals surface area contributed by atoms with Gasteiger partial charge in [0.15, 0.2) is 13.8 Å². The van der Waals surface area contributed by atoms with Crippen molar-refractivity contribution in [3.05, 3.63) is 122 Å². The van der Waals surface area contributed by atoms with E-state index in [1.54, 1.807) is 22.7 Å². The summed E-state index contributed by atoms with van der Waals surface area (Å²) in [5, 5.41) is 33.9. The zero-order valence-electron chi connectivity index (χ0n) is 31.8. The maximum absolute atomic E-state index is 11.4. The molecule has 0 aliphatic rings. The Balaban J connectivity index is 0.000000273. The SMILES string of the molecule is CN(C)CCC(=O)c1cccs1.CN(C)CC[C@H](Oc1cccc2ccccc12)c1cccs1.O=C(O)/C=C\C(=O)O.[BH3-][N+](C)(C)CC[C@H](O)c1cccs1. The monoisotopic (exact) mass is 809 g/mol. The van der Waals surface area contributed by atoms with E-state index in [0.29, 0.717) is 26.6 Å². The molecule has 10 nitrogen and oxygen atoms in total. The lowest BCUT2D eigenvalue weighted by molar-refractivity contribution is -0.774. The number of Topliss-reactive ketones (excluding diaryl/α,β-unsaturated/α-hetero) is 1. The molecule has 0 aliphatic carbocycles. The second kappa shape index (κ2) is 25.1. The van der Waals surface area contributed by atoms with E-state index in [2.05, 4.69) is 93.1 Å². The predicted octanol–water partition coefficient (Wildman–Crippen LogP) is 7.10. The molecule has 2 aromatic carbocycles. The molecule has 0 fully saturated rings. The fourth-order valence-corrected chi connectivity index (χ4v) is 6.82. The minimum atomic E-state index is -1.26. The largest absolute Gasteiger partial charge is 0.527 e. The predicted molar refractivity (Wildman–Crippen MR) is 232 cm³/mol. The van der Waals surface area contributed by atoms with Crippen LogP contribution in [0.4, 0.5) is 0 Å². The molecule has 3 heterocycles. The topological polar surface area (TPSA) is 128 Å². The summed E-state index contributed by atoms with van der Waals surface area (Å²) in [6.07, 6.45) is 3.48. The van der Waals surface area contributed by atoms with Gasteiger partial charge in [-0.05, 0) is 74.0 Å². The van der Waals surface area contributed by atoms with E-state index in [4.69, 9.17) is 14.9 Å². The summed E-state index contributed by atoms with van der Waals surface area (Å²) in [5.74, 6) is -1.30. The number of ether oxygens (including phenoxy) is 1. The fourth-order valence-electron chi connectivity index (χ4n) is 4.59. The Kier molecular flexibility index (Phi) is 21.5. The van der Waals surface area contributed by atoms with E-state index >= 15 is 0 Å². The lowest BCUT2D eigenvalue weighted by Crippen LogP contribution is -2.37. The number of hydrogen-bond donors (Lipinski definition) is 3. The molecule has 5 rings (SSSR count). The summed E-state index contributed by atoms with van der Waals surface area (Å²) in [4.78, 5) is 38.0. The van der Waals surface area contributed by atoms with Crippen LogP contribution in [0.25, 0.3) is 10.8 Å². The number of carboxylic acid groups (broad SMARTS) is 2. The summed E-state index contributed by atoms with van der Waals surface area (Å²) in [7, 11) is 13.0. The van der Waals surface area contributed by atoms with Gasteiger partial charge in [0, 0.05) is 80.3 Å². The summed E-state index contributed by atoms with van der Waals surface area (Å²) >= 11 is 4.92. The Hall–Kier alpha value is -4.15. The fraction of sp³-hybridized carbons (Fsp3) is 0.341. The standard InChI is InChI=1S/C19H21NOS.C9H18BNOS.C9H13NOS.C4H4O4/c1-20(2)13-12-18(19-11-6-14-22-19)21-17-10-5-8-15-7-3-4-9-16(15)17;1-11(2,10)6-5-8(12)9-4-3-7-13-9;1-10(2)6-5-8(11)9-4-3-7-12-9;5-3(6)1-2-4(7)8/h3-11,14,18H,12-13H2,1-2H3;3-4,7-8,12H,5-6H2,1-2,10H3;3-4,7H,5-6H2,1-2H3;1-2H,(H,5,6)(H,7,8)/b;;;2-1-/t18-;8-;;/m00../s1. The number of carboxylic acids is 2. The van der Waals surface area contributed by atoms with Crippen LogP contribution in [0.1, 0.15) is 50.9 Å². The highest BCUT2D eigenvalue weighted by atomic mass is 32.1. The number of benzene rings is 2. The molecule has 0 spiro atoms. The molecule has 2 atom stereocenters. The lowest BCUT2D eigenvalue weighted by atomic mass is 10.1. The van der Waals surface area contributed by atoms with Gasteiger partial charge in [0.2, 0.25) is 0 Å². The minimum absolute atomic E-state index is 0.105. The number of quaternary nitrogens is 1. The number of ketones is 1. The van der Waals surface area contributed by atoms with E-state index in [-0.39, 0.29) is 18.0 Å². The molecule has 14 heteroatoms. The molecule has 0 saturated carbocycles. The van der Waals surface area contributed by atoms with Crippen molar-refractivity contribution in [2.45, 2.75) is 31.5 Å². The van der Waals surface area contributed by atoms with Crippen molar-refractivity contribution in [1.82, 2.24) is 9.80 Å². The summed E-state index contributed by atoms with van der Waals surface area (Å²) in [6, 6.07) is 26.7. The van der Waals surface area contributed by atoms with Crippen molar-refractivity contribution >= 4 is 70.5 Å². The van der Waals surface area contributed by atoms with Gasteiger partial charge >= 0.3 is 11.9 Å². The van der Waals surface area contributed by atoms with Gasteiger partial charge in [0.1, 0.15) is 11.9 Å². The van der Waals surface area contributed by atoms with E-state index in [9.17, 15) is 19.5 Å². The highest BCUT2D eigenvalue weighted by Crippen LogP contribution is 2.33. The summed E-state index contributed by atoms with van der Waals surface area (Å²) in [5.41, 5.74) is 0. The number of aliphatic hydroxyl groups is 1. The average Bonchev–Trinajstić information content (AvgIpc) is 3.96. The van der Waals surface area contributed by atoms with Crippen molar-refractivity contribution in [3.63, 3.8) is 0 Å². The van der Waals surface area contributed by atoms with Crippen LogP contribution in [0.5, 0.6) is 5.75 Å². The third-order valence-corrected chi connectivity index (χ3v) is 10.2. The van der Waals surface area contributed by atoms with E-state index in [0.717, 1.165) is 52.4 Å². The number of thiophene rings is 3. The van der Waals surface area contributed by atoms with E-state index < -0.39 is 11.9 Å². The number of fused-ring (bicyclic) bond motifs is 1. The number of carbonyl (C=O) groups excluding carboxylic acids is 1. The van der Waals surface area contributed by atoms with Gasteiger partial charge in [-0.25, -0.2) is 9.59 Å². The van der Waals surface area contributed by atoms with Crippen molar-refractivity contribution in [1.29, 1.82) is 0 Å². The molecule has 3 N–H and O–H groups in total. The highest BCUT2D eigenvalue weighted by molar-refractivity contribution is 7.12. The van der Waals surface area contributed by atoms with Crippen molar-refractivity contribution in [2.75, 3.05) is 61.9 Å².